The first kappa shape index (κ1) is 16.6. The second-order valence-corrected chi connectivity index (χ2v) is 7.25. The SMILES string of the molecule is Cc1cccc(-c2ccccc2)c1-c1c2ccc3ccccc3c2nc[n+]1C. The van der Waals surface area contributed by atoms with Gasteiger partial charge in [-0.25, -0.2) is 4.57 Å². The van der Waals surface area contributed by atoms with Crippen LogP contribution in [-0.4, -0.2) is 4.98 Å². The lowest BCUT2D eigenvalue weighted by molar-refractivity contribution is -0.662. The Morgan fingerprint density at radius 2 is 1.50 bits per heavy atom. The fourth-order valence-corrected chi connectivity index (χ4v) is 4.13. The van der Waals surface area contributed by atoms with Gasteiger partial charge in [0, 0.05) is 10.9 Å². The number of aromatic nitrogens is 2. The summed E-state index contributed by atoms with van der Waals surface area (Å²) in [5.74, 6) is 0. The largest absolute Gasteiger partial charge is 0.287 e. The molecular weight excluding hydrogens is 340 g/mol. The molecule has 0 saturated heterocycles. The van der Waals surface area contributed by atoms with Gasteiger partial charge in [0.25, 0.3) is 6.33 Å². The number of nitrogens with zero attached hydrogens (tertiary/aromatic N) is 2. The van der Waals surface area contributed by atoms with E-state index in [1.807, 2.05) is 6.33 Å². The zero-order valence-corrected chi connectivity index (χ0v) is 16.1. The van der Waals surface area contributed by atoms with Gasteiger partial charge in [-0.3, -0.25) is 0 Å². The van der Waals surface area contributed by atoms with E-state index >= 15 is 0 Å². The van der Waals surface area contributed by atoms with Crippen LogP contribution in [0, 0.1) is 6.92 Å². The van der Waals surface area contributed by atoms with Gasteiger partial charge in [-0.1, -0.05) is 72.8 Å². The van der Waals surface area contributed by atoms with Crippen LogP contribution in [0.1, 0.15) is 5.56 Å². The minimum atomic E-state index is 1.05. The monoisotopic (exact) mass is 361 g/mol. The highest BCUT2D eigenvalue weighted by Gasteiger charge is 2.21. The molecule has 1 heterocycles. The number of aryl methyl sites for hydroxylation is 2. The first-order valence-electron chi connectivity index (χ1n) is 9.55. The summed E-state index contributed by atoms with van der Waals surface area (Å²) in [5, 5.41) is 3.59. The second kappa shape index (κ2) is 6.58. The van der Waals surface area contributed by atoms with Crippen LogP contribution < -0.4 is 4.57 Å². The molecule has 0 aliphatic rings. The van der Waals surface area contributed by atoms with E-state index in [0.29, 0.717) is 0 Å². The zero-order valence-electron chi connectivity index (χ0n) is 16.1. The average Bonchev–Trinajstić information content (AvgIpc) is 2.74. The smallest absolute Gasteiger partial charge is 0.232 e. The number of rotatable bonds is 2. The fourth-order valence-electron chi connectivity index (χ4n) is 4.13. The summed E-state index contributed by atoms with van der Waals surface area (Å²) in [5.41, 5.74) is 7.25. The van der Waals surface area contributed by atoms with Crippen LogP contribution >= 0.6 is 0 Å². The molecule has 1 aromatic heterocycles. The number of fused-ring (bicyclic) bond motifs is 3. The average molecular weight is 361 g/mol. The van der Waals surface area contributed by atoms with E-state index in [2.05, 4.69) is 103 Å². The van der Waals surface area contributed by atoms with Gasteiger partial charge >= 0.3 is 0 Å². The van der Waals surface area contributed by atoms with Crippen LogP contribution in [0.3, 0.4) is 0 Å². The topological polar surface area (TPSA) is 16.8 Å². The predicted molar refractivity (Wildman–Crippen MR) is 116 cm³/mol. The Morgan fingerprint density at radius 3 is 2.36 bits per heavy atom. The van der Waals surface area contributed by atoms with Crippen molar-refractivity contribution in [3.05, 3.63) is 96.8 Å². The van der Waals surface area contributed by atoms with Gasteiger partial charge in [-0.15, -0.1) is 0 Å². The highest BCUT2D eigenvalue weighted by atomic mass is 15.0. The van der Waals surface area contributed by atoms with Crippen molar-refractivity contribution in [3.8, 4) is 22.4 Å². The van der Waals surface area contributed by atoms with E-state index in [-0.39, 0.29) is 0 Å². The maximum atomic E-state index is 4.79. The lowest BCUT2D eigenvalue weighted by atomic mass is 9.91. The summed E-state index contributed by atoms with van der Waals surface area (Å²) in [6, 6.07) is 30.0. The molecule has 0 aliphatic heterocycles. The molecule has 0 radical (unpaired) electrons. The Labute approximate surface area is 164 Å². The van der Waals surface area contributed by atoms with Crippen molar-refractivity contribution in [2.24, 2.45) is 7.05 Å². The third-order valence-electron chi connectivity index (χ3n) is 5.46. The predicted octanol–water partition coefficient (Wildman–Crippen LogP) is 5.85. The van der Waals surface area contributed by atoms with E-state index in [1.54, 1.807) is 0 Å². The lowest BCUT2D eigenvalue weighted by Gasteiger charge is -2.15. The first-order valence-corrected chi connectivity index (χ1v) is 9.55. The van der Waals surface area contributed by atoms with E-state index in [4.69, 9.17) is 4.98 Å². The van der Waals surface area contributed by atoms with Crippen molar-refractivity contribution in [3.63, 3.8) is 0 Å². The Bertz CT molecular complexity index is 1320. The normalized spacial score (nSPS) is 11.2. The summed E-state index contributed by atoms with van der Waals surface area (Å²) in [6.45, 7) is 2.19. The molecule has 0 atom stereocenters. The Balaban J connectivity index is 1.91. The Morgan fingerprint density at radius 1 is 0.714 bits per heavy atom. The molecule has 134 valence electrons. The van der Waals surface area contributed by atoms with Crippen LogP contribution in [-0.2, 0) is 7.05 Å². The van der Waals surface area contributed by atoms with Crippen molar-refractivity contribution < 1.29 is 4.57 Å². The molecule has 0 unspecified atom stereocenters. The summed E-state index contributed by atoms with van der Waals surface area (Å²) < 4.78 is 2.14. The van der Waals surface area contributed by atoms with Crippen molar-refractivity contribution in [1.82, 2.24) is 4.98 Å². The van der Waals surface area contributed by atoms with Crippen LogP contribution in [0.5, 0.6) is 0 Å². The van der Waals surface area contributed by atoms with Gasteiger partial charge in [0.05, 0.1) is 12.4 Å². The van der Waals surface area contributed by atoms with Gasteiger partial charge in [-0.05, 0) is 46.1 Å². The molecule has 0 amide bonds. The molecule has 2 nitrogen and oxygen atoms in total. The quantitative estimate of drug-likeness (QED) is 0.284. The van der Waals surface area contributed by atoms with Crippen LogP contribution in [0.15, 0.2) is 91.3 Å². The van der Waals surface area contributed by atoms with E-state index in [9.17, 15) is 0 Å². The molecule has 5 aromatic rings. The van der Waals surface area contributed by atoms with Gasteiger partial charge in [0.1, 0.15) is 5.69 Å². The fraction of sp³-hybridized carbons (Fsp3) is 0.0769. The van der Waals surface area contributed by atoms with Crippen LogP contribution in [0.25, 0.3) is 44.1 Å². The zero-order chi connectivity index (χ0) is 19.1. The van der Waals surface area contributed by atoms with E-state index < -0.39 is 0 Å². The van der Waals surface area contributed by atoms with Gasteiger partial charge in [-0.2, -0.15) is 0 Å². The van der Waals surface area contributed by atoms with E-state index in [0.717, 1.165) is 5.52 Å². The molecule has 0 aliphatic carbocycles. The third kappa shape index (κ3) is 2.57. The molecule has 0 bridgehead atoms. The summed E-state index contributed by atoms with van der Waals surface area (Å²) in [4.78, 5) is 4.79. The molecule has 4 aromatic carbocycles. The minimum Gasteiger partial charge on any atom is -0.232 e. The summed E-state index contributed by atoms with van der Waals surface area (Å²) in [6.07, 6.45) is 1.94. The van der Waals surface area contributed by atoms with Crippen molar-refractivity contribution >= 4 is 21.7 Å². The Kier molecular flexibility index (Phi) is 3.91. The van der Waals surface area contributed by atoms with E-state index in [1.165, 1.54) is 44.1 Å². The second-order valence-electron chi connectivity index (χ2n) is 7.25. The number of hydrogen-bond acceptors (Lipinski definition) is 1. The number of hydrogen-bond donors (Lipinski definition) is 0. The molecule has 2 heteroatoms. The van der Waals surface area contributed by atoms with Crippen molar-refractivity contribution in [2.45, 2.75) is 6.92 Å². The molecule has 0 saturated carbocycles. The molecule has 28 heavy (non-hydrogen) atoms. The maximum absolute atomic E-state index is 4.79. The molecular formula is C26H21N2+. The Hall–Kier alpha value is -3.52. The third-order valence-corrected chi connectivity index (χ3v) is 5.46. The lowest BCUT2D eigenvalue weighted by Crippen LogP contribution is -2.32. The van der Waals surface area contributed by atoms with Crippen LogP contribution in [0.4, 0.5) is 0 Å². The van der Waals surface area contributed by atoms with Gasteiger partial charge in [0.15, 0.2) is 5.52 Å². The molecule has 0 fully saturated rings. The minimum absolute atomic E-state index is 1.05. The molecule has 5 rings (SSSR count). The maximum Gasteiger partial charge on any atom is 0.287 e. The first-order chi connectivity index (χ1) is 13.7. The highest BCUT2D eigenvalue weighted by molar-refractivity contribution is 6.09. The summed E-state index contributed by atoms with van der Waals surface area (Å²) in [7, 11) is 2.08. The highest BCUT2D eigenvalue weighted by Crippen LogP contribution is 2.37. The summed E-state index contributed by atoms with van der Waals surface area (Å²) >= 11 is 0. The number of benzene rings is 4. The van der Waals surface area contributed by atoms with Crippen molar-refractivity contribution in [2.75, 3.05) is 0 Å². The van der Waals surface area contributed by atoms with Crippen molar-refractivity contribution in [1.29, 1.82) is 0 Å². The molecule has 0 spiro atoms. The standard InChI is InChI=1S/C26H21N2/c1-18-9-8-14-21(19-10-4-3-5-11-19)24(18)26-23-16-15-20-12-6-7-13-22(20)25(23)27-17-28(26)2/h3-17H,1-2H3/q+1. The van der Waals surface area contributed by atoms with Gasteiger partial charge in [0.2, 0.25) is 0 Å². The molecule has 0 N–H and O–H groups in total. The van der Waals surface area contributed by atoms with Gasteiger partial charge < -0.3 is 0 Å². The van der Waals surface area contributed by atoms with Crippen LogP contribution in [0.2, 0.25) is 0 Å².